The first kappa shape index (κ1) is 21.5. The summed E-state index contributed by atoms with van der Waals surface area (Å²) in [7, 11) is 0. The highest BCUT2D eigenvalue weighted by Gasteiger charge is 2.22. The molecule has 1 N–H and O–H groups in total. The van der Waals surface area contributed by atoms with E-state index >= 15 is 0 Å². The number of carbonyl (C=O) groups is 1. The zero-order valence-electron chi connectivity index (χ0n) is 17.8. The second-order valence-corrected chi connectivity index (χ2v) is 9.71. The third-order valence-electron chi connectivity index (χ3n) is 5.05. The summed E-state index contributed by atoms with van der Waals surface area (Å²) in [5, 5.41) is 12.8. The maximum absolute atomic E-state index is 13.1. The first-order valence-electron chi connectivity index (χ1n) is 10.2. The van der Waals surface area contributed by atoms with Crippen molar-refractivity contribution in [3.8, 4) is 11.3 Å². The van der Waals surface area contributed by atoms with Gasteiger partial charge in [0.2, 0.25) is 5.91 Å². The molecule has 0 saturated carbocycles. The molecule has 160 valence electrons. The first-order chi connectivity index (χ1) is 15.0. The van der Waals surface area contributed by atoms with Gasteiger partial charge in [0.15, 0.2) is 11.5 Å². The summed E-state index contributed by atoms with van der Waals surface area (Å²) in [5.74, 6) is 1.65. The highest BCUT2D eigenvalue weighted by atomic mass is 32.2. The minimum Gasteiger partial charge on any atom is -0.346 e. The van der Waals surface area contributed by atoms with E-state index in [2.05, 4.69) is 53.0 Å². The standard InChI is InChI=1S/C23H25N5OS2/c1-15-7-9-17(10-8-15)22-19(31-16(2)24-22)14-21(29)25-18(11-13-30-3)23-27-26-20-6-4-5-12-28(20)23/h4-10,12,18H,11,13-14H2,1-3H3,(H,25,29). The number of benzene rings is 1. The average Bonchev–Trinajstić information content (AvgIpc) is 3.35. The van der Waals surface area contributed by atoms with Gasteiger partial charge in [0.25, 0.3) is 0 Å². The van der Waals surface area contributed by atoms with E-state index in [9.17, 15) is 4.79 Å². The molecule has 1 atom stereocenters. The largest absolute Gasteiger partial charge is 0.346 e. The number of nitrogens with one attached hydrogen (secondary N) is 1. The predicted molar refractivity (Wildman–Crippen MR) is 128 cm³/mol. The van der Waals surface area contributed by atoms with Crippen LogP contribution in [0.3, 0.4) is 0 Å². The highest BCUT2D eigenvalue weighted by molar-refractivity contribution is 7.98. The number of hydrogen-bond acceptors (Lipinski definition) is 6. The lowest BCUT2D eigenvalue weighted by Gasteiger charge is -2.17. The molecule has 0 aliphatic heterocycles. The number of aryl methyl sites for hydroxylation is 2. The molecule has 0 saturated heterocycles. The zero-order chi connectivity index (χ0) is 21.8. The molecule has 0 aliphatic carbocycles. The Labute approximate surface area is 190 Å². The molecule has 0 spiro atoms. The van der Waals surface area contributed by atoms with Crippen LogP contribution in [0, 0.1) is 13.8 Å². The number of amides is 1. The Morgan fingerprint density at radius 2 is 1.97 bits per heavy atom. The molecular weight excluding hydrogens is 426 g/mol. The van der Waals surface area contributed by atoms with Crippen molar-refractivity contribution >= 4 is 34.7 Å². The SMILES string of the molecule is CSCCC(NC(=O)Cc1sc(C)nc1-c1ccc(C)cc1)c1nnc2ccccn12. The summed E-state index contributed by atoms with van der Waals surface area (Å²) in [5.41, 5.74) is 3.92. The van der Waals surface area contributed by atoms with E-state index in [1.807, 2.05) is 35.7 Å². The number of pyridine rings is 1. The van der Waals surface area contributed by atoms with Crippen LogP contribution in [0.4, 0.5) is 0 Å². The van der Waals surface area contributed by atoms with E-state index < -0.39 is 0 Å². The highest BCUT2D eigenvalue weighted by Crippen LogP contribution is 2.29. The van der Waals surface area contributed by atoms with E-state index in [-0.39, 0.29) is 11.9 Å². The number of rotatable bonds is 8. The lowest BCUT2D eigenvalue weighted by molar-refractivity contribution is -0.121. The molecule has 4 aromatic rings. The molecule has 1 unspecified atom stereocenters. The first-order valence-corrected chi connectivity index (χ1v) is 12.4. The molecule has 3 aromatic heterocycles. The second kappa shape index (κ2) is 9.62. The molecular formula is C23H25N5OS2. The van der Waals surface area contributed by atoms with Crippen LogP contribution in [-0.4, -0.2) is 37.5 Å². The van der Waals surface area contributed by atoms with Gasteiger partial charge in [-0.05, 0) is 44.4 Å². The van der Waals surface area contributed by atoms with Crippen molar-refractivity contribution in [2.24, 2.45) is 0 Å². The smallest absolute Gasteiger partial charge is 0.225 e. The van der Waals surface area contributed by atoms with Gasteiger partial charge in [-0.1, -0.05) is 35.9 Å². The minimum atomic E-state index is -0.200. The molecule has 1 amide bonds. The number of hydrogen-bond donors (Lipinski definition) is 1. The fourth-order valence-corrected chi connectivity index (χ4v) is 4.94. The molecule has 0 fully saturated rings. The average molecular weight is 452 g/mol. The Kier molecular flexibility index (Phi) is 6.67. The van der Waals surface area contributed by atoms with Crippen molar-refractivity contribution < 1.29 is 4.79 Å². The fraction of sp³-hybridized carbons (Fsp3) is 0.304. The van der Waals surface area contributed by atoms with E-state index in [0.717, 1.165) is 44.8 Å². The Hall–Kier alpha value is -2.71. The Morgan fingerprint density at radius 3 is 2.74 bits per heavy atom. The van der Waals surface area contributed by atoms with E-state index in [0.29, 0.717) is 6.42 Å². The van der Waals surface area contributed by atoms with Gasteiger partial charge in [-0.3, -0.25) is 9.20 Å². The molecule has 4 rings (SSSR count). The van der Waals surface area contributed by atoms with Crippen molar-refractivity contribution in [1.29, 1.82) is 0 Å². The number of carbonyl (C=O) groups excluding carboxylic acids is 1. The molecule has 0 radical (unpaired) electrons. The van der Waals surface area contributed by atoms with Crippen LogP contribution in [0.2, 0.25) is 0 Å². The van der Waals surface area contributed by atoms with Crippen molar-refractivity contribution in [3.05, 3.63) is 69.9 Å². The van der Waals surface area contributed by atoms with E-state index in [1.54, 1.807) is 23.1 Å². The summed E-state index contributed by atoms with van der Waals surface area (Å²) in [4.78, 5) is 18.7. The third kappa shape index (κ3) is 4.97. The molecule has 0 bridgehead atoms. The second-order valence-electron chi connectivity index (χ2n) is 7.44. The van der Waals surface area contributed by atoms with Gasteiger partial charge in [0.1, 0.15) is 0 Å². The summed E-state index contributed by atoms with van der Waals surface area (Å²) in [6.45, 7) is 4.04. The zero-order valence-corrected chi connectivity index (χ0v) is 19.5. The third-order valence-corrected chi connectivity index (χ3v) is 6.66. The number of thioether (sulfide) groups is 1. The molecule has 3 heterocycles. The Bertz CT molecular complexity index is 1180. The molecule has 0 aliphatic rings. The van der Waals surface area contributed by atoms with Gasteiger partial charge in [0.05, 0.1) is 23.2 Å². The Morgan fingerprint density at radius 1 is 1.16 bits per heavy atom. The molecule has 6 nitrogen and oxygen atoms in total. The van der Waals surface area contributed by atoms with Gasteiger partial charge in [-0.2, -0.15) is 11.8 Å². The van der Waals surface area contributed by atoms with Gasteiger partial charge in [-0.15, -0.1) is 21.5 Å². The lowest BCUT2D eigenvalue weighted by Crippen LogP contribution is -2.31. The van der Waals surface area contributed by atoms with Crippen LogP contribution in [-0.2, 0) is 11.2 Å². The number of aromatic nitrogens is 4. The van der Waals surface area contributed by atoms with Crippen molar-refractivity contribution in [1.82, 2.24) is 24.9 Å². The topological polar surface area (TPSA) is 72.2 Å². The van der Waals surface area contributed by atoms with Crippen LogP contribution in [0.5, 0.6) is 0 Å². The van der Waals surface area contributed by atoms with Crippen LogP contribution in [0.25, 0.3) is 16.9 Å². The van der Waals surface area contributed by atoms with Gasteiger partial charge in [0, 0.05) is 16.6 Å². The van der Waals surface area contributed by atoms with Gasteiger partial charge >= 0.3 is 0 Å². The van der Waals surface area contributed by atoms with Crippen molar-refractivity contribution in [3.63, 3.8) is 0 Å². The number of thiazole rings is 1. The van der Waals surface area contributed by atoms with Gasteiger partial charge in [-0.25, -0.2) is 4.98 Å². The number of nitrogens with zero attached hydrogens (tertiary/aromatic N) is 4. The minimum absolute atomic E-state index is 0.0317. The maximum atomic E-state index is 13.1. The van der Waals surface area contributed by atoms with Crippen molar-refractivity contribution in [2.75, 3.05) is 12.0 Å². The molecule has 1 aromatic carbocycles. The predicted octanol–water partition coefficient (Wildman–Crippen LogP) is 4.62. The van der Waals surface area contributed by atoms with Crippen molar-refractivity contribution in [2.45, 2.75) is 32.7 Å². The quantitative estimate of drug-likeness (QED) is 0.423. The van der Waals surface area contributed by atoms with E-state index in [4.69, 9.17) is 4.98 Å². The van der Waals surface area contributed by atoms with E-state index in [1.165, 1.54) is 5.56 Å². The summed E-state index contributed by atoms with van der Waals surface area (Å²) < 4.78 is 1.94. The molecule has 31 heavy (non-hydrogen) atoms. The van der Waals surface area contributed by atoms with Gasteiger partial charge < -0.3 is 5.32 Å². The monoisotopic (exact) mass is 451 g/mol. The lowest BCUT2D eigenvalue weighted by atomic mass is 10.1. The summed E-state index contributed by atoms with van der Waals surface area (Å²) in [6, 6.07) is 13.9. The fourth-order valence-electron chi connectivity index (χ4n) is 3.52. The molecule has 8 heteroatoms. The Balaban J connectivity index is 1.56. The van der Waals surface area contributed by atoms with Crippen LogP contribution < -0.4 is 5.32 Å². The normalized spacial score (nSPS) is 12.2. The van der Waals surface area contributed by atoms with Crippen LogP contribution >= 0.6 is 23.1 Å². The number of fused-ring (bicyclic) bond motifs is 1. The van der Waals surface area contributed by atoms with Crippen LogP contribution in [0.15, 0.2) is 48.7 Å². The summed E-state index contributed by atoms with van der Waals surface area (Å²) in [6.07, 6.45) is 5.08. The summed E-state index contributed by atoms with van der Waals surface area (Å²) >= 11 is 3.33. The van der Waals surface area contributed by atoms with Crippen LogP contribution in [0.1, 0.15) is 33.7 Å². The maximum Gasteiger partial charge on any atom is 0.225 e.